The summed E-state index contributed by atoms with van der Waals surface area (Å²) in [6, 6.07) is 10.5. The molecule has 2 atom stereocenters. The SMILES string of the molecule is CCc1cc2cc3c(cc2nc1OC)C[N+]1(C)CCN(c2ccc(F)cc2F)CC1CCO3. The van der Waals surface area contributed by atoms with Crippen molar-refractivity contribution in [1.29, 1.82) is 0 Å². The lowest BCUT2D eigenvalue weighted by Crippen LogP contribution is -2.64. The fourth-order valence-corrected chi connectivity index (χ4v) is 5.29. The molecule has 1 aromatic heterocycles. The molecule has 0 spiro atoms. The Hall–Kier alpha value is -2.93. The third kappa shape index (κ3) is 3.99. The first-order valence-corrected chi connectivity index (χ1v) is 11.6. The fourth-order valence-electron chi connectivity index (χ4n) is 5.29. The van der Waals surface area contributed by atoms with Crippen molar-refractivity contribution in [1.82, 2.24) is 4.98 Å². The van der Waals surface area contributed by atoms with Crippen LogP contribution in [0.2, 0.25) is 0 Å². The van der Waals surface area contributed by atoms with Gasteiger partial charge < -0.3 is 18.9 Å². The number of rotatable bonds is 3. The molecule has 1 saturated heterocycles. The molecule has 2 aliphatic rings. The van der Waals surface area contributed by atoms with E-state index in [1.165, 1.54) is 6.07 Å². The standard InChI is InChI=1S/C26H30F2N3O2/c1-4-17-11-18-13-25-19(12-23(18)29-26(17)32-3)16-31(2)9-8-30(15-21(31)7-10-33-25)24-6-5-20(27)14-22(24)28/h5-6,11-14,21H,4,7-10,15-16H2,1-3H3/q+1. The van der Waals surface area contributed by atoms with Crippen molar-refractivity contribution in [3.8, 4) is 11.6 Å². The Bertz CT molecular complexity index is 1200. The molecule has 2 aromatic carbocycles. The summed E-state index contributed by atoms with van der Waals surface area (Å²) in [7, 11) is 3.93. The summed E-state index contributed by atoms with van der Waals surface area (Å²) in [6.07, 6.45) is 1.72. The van der Waals surface area contributed by atoms with Crippen LogP contribution in [0.4, 0.5) is 14.5 Å². The number of likely N-dealkylation sites (N-methyl/N-ethyl adjacent to an activating group) is 1. The lowest BCUT2D eigenvalue weighted by Gasteiger charge is -2.49. The Morgan fingerprint density at radius 2 is 2.06 bits per heavy atom. The Morgan fingerprint density at radius 3 is 2.82 bits per heavy atom. The van der Waals surface area contributed by atoms with Gasteiger partial charge in [-0.15, -0.1) is 0 Å². The van der Waals surface area contributed by atoms with E-state index in [-0.39, 0.29) is 6.04 Å². The summed E-state index contributed by atoms with van der Waals surface area (Å²) in [6.45, 7) is 5.79. The molecular formula is C26H30F2N3O2+. The average Bonchev–Trinajstić information content (AvgIpc) is 2.79. The molecule has 0 radical (unpaired) electrons. The summed E-state index contributed by atoms with van der Waals surface area (Å²) in [5.74, 6) is 0.538. The number of nitrogens with zero attached hydrogens (tertiary/aromatic N) is 3. The second-order valence-corrected chi connectivity index (χ2v) is 9.36. The highest BCUT2D eigenvalue weighted by Gasteiger charge is 2.41. The monoisotopic (exact) mass is 454 g/mol. The van der Waals surface area contributed by atoms with Gasteiger partial charge in [-0.05, 0) is 36.8 Å². The molecule has 0 amide bonds. The minimum Gasteiger partial charge on any atom is -0.493 e. The van der Waals surface area contributed by atoms with Crippen molar-refractivity contribution in [2.45, 2.75) is 32.4 Å². The lowest BCUT2D eigenvalue weighted by molar-refractivity contribution is -0.947. The van der Waals surface area contributed by atoms with Crippen molar-refractivity contribution in [2.24, 2.45) is 0 Å². The molecule has 3 aromatic rings. The number of aryl methyl sites for hydroxylation is 1. The molecule has 3 heterocycles. The maximum Gasteiger partial charge on any atom is 0.216 e. The minimum absolute atomic E-state index is 0.275. The molecule has 0 bridgehead atoms. The molecule has 7 heteroatoms. The molecule has 174 valence electrons. The van der Waals surface area contributed by atoms with E-state index in [1.54, 1.807) is 13.2 Å². The molecule has 5 nitrogen and oxygen atoms in total. The number of pyridine rings is 1. The molecule has 1 fully saturated rings. The summed E-state index contributed by atoms with van der Waals surface area (Å²) < 4.78 is 40.4. The number of hydrogen-bond acceptors (Lipinski definition) is 4. The number of methoxy groups -OCH3 is 1. The van der Waals surface area contributed by atoms with E-state index in [9.17, 15) is 8.78 Å². The van der Waals surface area contributed by atoms with E-state index < -0.39 is 11.6 Å². The molecular weight excluding hydrogens is 424 g/mol. The van der Waals surface area contributed by atoms with Crippen LogP contribution in [0, 0.1) is 11.6 Å². The zero-order valence-corrected chi connectivity index (χ0v) is 19.4. The minimum atomic E-state index is -0.548. The van der Waals surface area contributed by atoms with Gasteiger partial charge in [-0.25, -0.2) is 13.8 Å². The molecule has 0 N–H and O–H groups in total. The maximum absolute atomic E-state index is 14.4. The van der Waals surface area contributed by atoms with Crippen LogP contribution in [0.5, 0.6) is 11.6 Å². The number of fused-ring (bicyclic) bond motifs is 3. The van der Waals surface area contributed by atoms with E-state index in [2.05, 4.69) is 32.2 Å². The van der Waals surface area contributed by atoms with E-state index >= 15 is 0 Å². The van der Waals surface area contributed by atoms with Crippen LogP contribution in [-0.4, -0.2) is 55.9 Å². The van der Waals surface area contributed by atoms with Gasteiger partial charge in [0.15, 0.2) is 0 Å². The van der Waals surface area contributed by atoms with Crippen LogP contribution in [0.15, 0.2) is 36.4 Å². The number of piperazine rings is 1. The zero-order chi connectivity index (χ0) is 23.2. The van der Waals surface area contributed by atoms with Gasteiger partial charge in [0, 0.05) is 23.4 Å². The average molecular weight is 455 g/mol. The van der Waals surface area contributed by atoms with Gasteiger partial charge in [-0.2, -0.15) is 0 Å². The van der Waals surface area contributed by atoms with Crippen molar-refractivity contribution in [2.75, 3.05) is 45.3 Å². The Kier molecular flexibility index (Phi) is 5.60. The molecule has 2 unspecified atom stereocenters. The van der Waals surface area contributed by atoms with E-state index in [0.717, 1.165) is 64.3 Å². The van der Waals surface area contributed by atoms with Gasteiger partial charge in [0.25, 0.3) is 0 Å². The smallest absolute Gasteiger partial charge is 0.216 e. The van der Waals surface area contributed by atoms with Gasteiger partial charge >= 0.3 is 0 Å². The Morgan fingerprint density at radius 1 is 1.21 bits per heavy atom. The van der Waals surface area contributed by atoms with Crippen LogP contribution < -0.4 is 14.4 Å². The molecule has 5 rings (SSSR count). The first kappa shape index (κ1) is 21.9. The van der Waals surface area contributed by atoms with Gasteiger partial charge in [0.05, 0.1) is 57.2 Å². The lowest BCUT2D eigenvalue weighted by atomic mass is 9.99. The number of aromatic nitrogens is 1. The van der Waals surface area contributed by atoms with Crippen LogP contribution in [0.1, 0.15) is 24.5 Å². The number of anilines is 1. The summed E-state index contributed by atoms with van der Waals surface area (Å²) in [5, 5.41) is 1.06. The van der Waals surface area contributed by atoms with Crippen molar-refractivity contribution in [3.63, 3.8) is 0 Å². The molecule has 0 aliphatic carbocycles. The van der Waals surface area contributed by atoms with Crippen LogP contribution in [0.3, 0.4) is 0 Å². The third-order valence-corrected chi connectivity index (χ3v) is 7.29. The normalized spacial score (nSPS) is 22.7. The van der Waals surface area contributed by atoms with Gasteiger partial charge in [-0.1, -0.05) is 6.92 Å². The van der Waals surface area contributed by atoms with Crippen LogP contribution in [-0.2, 0) is 13.0 Å². The third-order valence-electron chi connectivity index (χ3n) is 7.29. The number of ether oxygens (including phenoxy) is 2. The number of halogens is 2. The number of benzene rings is 2. The van der Waals surface area contributed by atoms with Crippen molar-refractivity contribution in [3.05, 3.63) is 59.2 Å². The summed E-state index contributed by atoms with van der Waals surface area (Å²) >= 11 is 0. The molecule has 0 saturated carbocycles. The zero-order valence-electron chi connectivity index (χ0n) is 19.4. The highest BCUT2D eigenvalue weighted by molar-refractivity contribution is 5.83. The largest absolute Gasteiger partial charge is 0.493 e. The van der Waals surface area contributed by atoms with Gasteiger partial charge in [-0.3, -0.25) is 0 Å². The van der Waals surface area contributed by atoms with Gasteiger partial charge in [0.1, 0.15) is 30.0 Å². The highest BCUT2D eigenvalue weighted by Crippen LogP contribution is 2.36. The first-order valence-electron chi connectivity index (χ1n) is 11.6. The molecule has 2 aliphatic heterocycles. The van der Waals surface area contributed by atoms with E-state index in [0.29, 0.717) is 31.3 Å². The second kappa shape index (κ2) is 8.45. The van der Waals surface area contributed by atoms with Crippen LogP contribution >= 0.6 is 0 Å². The van der Waals surface area contributed by atoms with Crippen LogP contribution in [0.25, 0.3) is 10.9 Å². The Balaban J connectivity index is 1.46. The predicted octanol–water partition coefficient (Wildman–Crippen LogP) is 4.70. The second-order valence-electron chi connectivity index (χ2n) is 9.36. The fraction of sp³-hybridized carbons (Fsp3) is 0.423. The summed E-state index contributed by atoms with van der Waals surface area (Å²) in [5.41, 5.74) is 3.59. The Labute approximate surface area is 193 Å². The van der Waals surface area contributed by atoms with E-state index in [1.807, 2.05) is 4.90 Å². The predicted molar refractivity (Wildman–Crippen MR) is 125 cm³/mol. The quantitative estimate of drug-likeness (QED) is 0.538. The van der Waals surface area contributed by atoms with Crippen molar-refractivity contribution < 1.29 is 22.7 Å². The first-order chi connectivity index (χ1) is 15.9. The summed E-state index contributed by atoms with van der Waals surface area (Å²) in [4.78, 5) is 6.80. The maximum atomic E-state index is 14.4. The van der Waals surface area contributed by atoms with E-state index in [4.69, 9.17) is 14.5 Å². The highest BCUT2D eigenvalue weighted by atomic mass is 19.1. The topological polar surface area (TPSA) is 34.6 Å². The number of hydrogen-bond donors (Lipinski definition) is 0. The van der Waals surface area contributed by atoms with Gasteiger partial charge in [0.2, 0.25) is 5.88 Å². The molecule has 33 heavy (non-hydrogen) atoms. The number of quaternary nitrogens is 1. The van der Waals surface area contributed by atoms with Crippen molar-refractivity contribution >= 4 is 16.6 Å².